The monoisotopic (exact) mass is 423 g/mol. The molecular formula is C22H19F2N5O2. The molecule has 5 rings (SSSR count). The van der Waals surface area contributed by atoms with E-state index in [0.29, 0.717) is 18.3 Å². The Labute approximate surface area is 177 Å². The lowest BCUT2D eigenvalue weighted by Crippen LogP contribution is -2.47. The van der Waals surface area contributed by atoms with Crippen molar-refractivity contribution in [3.63, 3.8) is 0 Å². The molecule has 9 heteroatoms. The first-order valence-electron chi connectivity index (χ1n) is 10.0. The van der Waals surface area contributed by atoms with Gasteiger partial charge in [-0.15, -0.1) is 0 Å². The lowest BCUT2D eigenvalue weighted by atomic mass is 10.0. The molecule has 2 aromatic heterocycles. The van der Waals surface area contributed by atoms with Gasteiger partial charge in [0, 0.05) is 6.54 Å². The summed E-state index contributed by atoms with van der Waals surface area (Å²) in [4.78, 5) is 31.3. The number of amides is 1. The highest BCUT2D eigenvalue weighted by Gasteiger charge is 2.49. The van der Waals surface area contributed by atoms with Crippen LogP contribution in [0.5, 0.6) is 5.88 Å². The summed E-state index contributed by atoms with van der Waals surface area (Å²) in [7, 11) is 0. The summed E-state index contributed by atoms with van der Waals surface area (Å²) in [5, 5.41) is 0. The van der Waals surface area contributed by atoms with E-state index in [1.165, 1.54) is 12.1 Å². The van der Waals surface area contributed by atoms with Gasteiger partial charge in [0.2, 0.25) is 5.88 Å². The fourth-order valence-corrected chi connectivity index (χ4v) is 4.45. The molecular weight excluding hydrogens is 404 g/mol. The van der Waals surface area contributed by atoms with Crippen LogP contribution in [-0.4, -0.2) is 49.4 Å². The summed E-state index contributed by atoms with van der Waals surface area (Å²) in [5.41, 5.74) is 0.906. The number of benzene rings is 1. The van der Waals surface area contributed by atoms with E-state index in [0.717, 1.165) is 30.9 Å². The van der Waals surface area contributed by atoms with Gasteiger partial charge >= 0.3 is 0 Å². The van der Waals surface area contributed by atoms with Crippen molar-refractivity contribution in [2.24, 2.45) is 5.92 Å². The summed E-state index contributed by atoms with van der Waals surface area (Å²) in [6, 6.07) is 4.10. The number of carbonyl (C=O) groups is 1. The topological polar surface area (TPSA) is 81.1 Å². The van der Waals surface area contributed by atoms with Gasteiger partial charge in [0.05, 0.1) is 47.7 Å². The minimum absolute atomic E-state index is 0.0304. The minimum atomic E-state index is -0.635. The summed E-state index contributed by atoms with van der Waals surface area (Å²) >= 11 is 0. The van der Waals surface area contributed by atoms with E-state index < -0.39 is 11.6 Å². The number of carbonyl (C=O) groups excluding carboxylic acids is 1. The van der Waals surface area contributed by atoms with Gasteiger partial charge in [-0.05, 0) is 37.8 Å². The maximum absolute atomic E-state index is 14.7. The number of nitrogens with zero attached hydrogens (tertiary/aromatic N) is 5. The molecule has 1 aliphatic carbocycles. The molecule has 3 unspecified atom stereocenters. The molecule has 0 N–H and O–H groups in total. The Kier molecular flexibility index (Phi) is 4.80. The van der Waals surface area contributed by atoms with Crippen LogP contribution in [-0.2, 0) is 0 Å². The number of ether oxygens (including phenoxy) is 1. The Bertz CT molecular complexity index is 1120. The largest absolute Gasteiger partial charge is 0.471 e. The smallest absolute Gasteiger partial charge is 0.255 e. The molecule has 31 heavy (non-hydrogen) atoms. The highest BCUT2D eigenvalue weighted by molar-refractivity contribution is 6.00. The van der Waals surface area contributed by atoms with Crippen LogP contribution in [0.25, 0.3) is 11.4 Å². The van der Waals surface area contributed by atoms with Crippen molar-refractivity contribution in [3.05, 3.63) is 65.9 Å². The molecule has 7 nitrogen and oxygen atoms in total. The third-order valence-corrected chi connectivity index (χ3v) is 5.80. The lowest BCUT2D eigenvalue weighted by molar-refractivity contribution is 0.0465. The Morgan fingerprint density at radius 1 is 1.06 bits per heavy atom. The number of hydrogen-bond donors (Lipinski definition) is 0. The standard InChI is InChI=1S/C22H19F2N5O2/c1-12-7-26-19(10-25-12)31-18-6-13-5-17(18)29(11-13)22(30)15-3-2-4-16(24)20(15)21-27-8-14(23)9-28-21/h2-4,7-10,13,17-18H,5-6,11H2,1H3. The van der Waals surface area contributed by atoms with Crippen molar-refractivity contribution in [1.82, 2.24) is 24.8 Å². The van der Waals surface area contributed by atoms with E-state index in [2.05, 4.69) is 19.9 Å². The second-order valence-corrected chi connectivity index (χ2v) is 7.90. The van der Waals surface area contributed by atoms with Crippen LogP contribution in [0.1, 0.15) is 28.9 Å². The van der Waals surface area contributed by atoms with Crippen LogP contribution in [0.15, 0.2) is 43.0 Å². The summed E-state index contributed by atoms with van der Waals surface area (Å²) in [6.45, 7) is 2.42. The maximum atomic E-state index is 14.7. The van der Waals surface area contributed by atoms with E-state index in [1.807, 2.05) is 6.92 Å². The van der Waals surface area contributed by atoms with Crippen LogP contribution in [0.4, 0.5) is 8.78 Å². The average Bonchev–Trinajstić information content (AvgIpc) is 3.36. The van der Waals surface area contributed by atoms with Crippen LogP contribution in [0.3, 0.4) is 0 Å². The predicted octanol–water partition coefficient (Wildman–Crippen LogP) is 3.20. The summed E-state index contributed by atoms with van der Waals surface area (Å²) < 4.78 is 33.9. The number of rotatable bonds is 4. The van der Waals surface area contributed by atoms with Crippen LogP contribution < -0.4 is 4.74 Å². The Morgan fingerprint density at radius 3 is 2.58 bits per heavy atom. The van der Waals surface area contributed by atoms with Crippen molar-refractivity contribution in [3.8, 4) is 17.3 Å². The molecule has 2 fully saturated rings. The number of aromatic nitrogens is 4. The zero-order valence-electron chi connectivity index (χ0n) is 16.7. The van der Waals surface area contributed by atoms with Gasteiger partial charge in [0.15, 0.2) is 11.6 Å². The maximum Gasteiger partial charge on any atom is 0.255 e. The molecule has 3 aromatic rings. The molecule has 1 aromatic carbocycles. The van der Waals surface area contributed by atoms with Crippen molar-refractivity contribution in [2.45, 2.75) is 31.9 Å². The van der Waals surface area contributed by atoms with Crippen LogP contribution in [0, 0.1) is 24.5 Å². The van der Waals surface area contributed by atoms with Gasteiger partial charge in [-0.25, -0.2) is 23.7 Å². The molecule has 1 amide bonds. The quantitative estimate of drug-likeness (QED) is 0.641. The predicted molar refractivity (Wildman–Crippen MR) is 106 cm³/mol. The van der Waals surface area contributed by atoms with Gasteiger partial charge < -0.3 is 9.64 Å². The first-order chi connectivity index (χ1) is 15.0. The molecule has 0 spiro atoms. The second kappa shape index (κ2) is 7.64. The number of halogens is 2. The SMILES string of the molecule is Cc1cnc(OC2CC3CC2N(C(=O)c2cccc(F)c2-c2ncc(F)cn2)C3)cn1. The van der Waals surface area contributed by atoms with Crippen LogP contribution in [0.2, 0.25) is 0 Å². The normalized spacial score (nSPS) is 22.0. The molecule has 1 aliphatic heterocycles. The van der Waals surface area contributed by atoms with Gasteiger partial charge in [-0.3, -0.25) is 9.78 Å². The van der Waals surface area contributed by atoms with Gasteiger partial charge in [0.25, 0.3) is 5.91 Å². The Balaban J connectivity index is 1.42. The fourth-order valence-electron chi connectivity index (χ4n) is 4.45. The van der Waals surface area contributed by atoms with E-state index in [9.17, 15) is 13.6 Å². The van der Waals surface area contributed by atoms with Gasteiger partial charge in [-0.1, -0.05) is 6.07 Å². The van der Waals surface area contributed by atoms with E-state index in [1.54, 1.807) is 23.4 Å². The third kappa shape index (κ3) is 3.60. The summed E-state index contributed by atoms with van der Waals surface area (Å²) in [6.07, 6.45) is 6.53. The molecule has 3 heterocycles. The van der Waals surface area contributed by atoms with Crippen molar-refractivity contribution < 1.29 is 18.3 Å². The second-order valence-electron chi connectivity index (χ2n) is 7.90. The zero-order valence-corrected chi connectivity index (χ0v) is 16.7. The van der Waals surface area contributed by atoms with Gasteiger partial charge in [0.1, 0.15) is 11.9 Å². The molecule has 0 radical (unpaired) electrons. The van der Waals surface area contributed by atoms with E-state index >= 15 is 0 Å². The minimum Gasteiger partial charge on any atom is -0.471 e. The lowest BCUT2D eigenvalue weighted by Gasteiger charge is -2.33. The van der Waals surface area contributed by atoms with Gasteiger partial charge in [-0.2, -0.15) is 0 Å². The van der Waals surface area contributed by atoms with E-state index in [4.69, 9.17) is 4.74 Å². The first-order valence-corrected chi connectivity index (χ1v) is 10.0. The van der Waals surface area contributed by atoms with Crippen LogP contribution >= 0.6 is 0 Å². The fraction of sp³-hybridized carbons (Fsp3) is 0.318. The first kappa shape index (κ1) is 19.5. The highest BCUT2D eigenvalue weighted by atomic mass is 19.1. The molecule has 2 aliphatic rings. The Hall–Kier alpha value is -3.49. The molecule has 2 bridgehead atoms. The summed E-state index contributed by atoms with van der Waals surface area (Å²) in [5.74, 6) is -0.903. The zero-order chi connectivity index (χ0) is 21.5. The number of piperidine rings is 1. The number of aryl methyl sites for hydroxylation is 1. The molecule has 1 saturated carbocycles. The third-order valence-electron chi connectivity index (χ3n) is 5.80. The molecule has 1 saturated heterocycles. The number of fused-ring (bicyclic) bond motifs is 2. The van der Waals surface area contributed by atoms with Crippen molar-refractivity contribution in [2.75, 3.05) is 6.54 Å². The highest BCUT2D eigenvalue weighted by Crippen LogP contribution is 2.41. The van der Waals surface area contributed by atoms with Crippen molar-refractivity contribution in [1.29, 1.82) is 0 Å². The Morgan fingerprint density at radius 2 is 1.87 bits per heavy atom. The number of likely N-dealkylation sites (tertiary alicyclic amines) is 1. The molecule has 158 valence electrons. The van der Waals surface area contributed by atoms with E-state index in [-0.39, 0.29) is 35.0 Å². The average molecular weight is 423 g/mol. The number of hydrogen-bond acceptors (Lipinski definition) is 6. The molecule has 3 atom stereocenters. The van der Waals surface area contributed by atoms with Crippen molar-refractivity contribution >= 4 is 5.91 Å².